The molecule has 0 bridgehead atoms. The van der Waals surface area contributed by atoms with Gasteiger partial charge < -0.3 is 5.32 Å². The number of amides is 1. The summed E-state index contributed by atoms with van der Waals surface area (Å²) in [6.07, 6.45) is 1.43. The Balaban J connectivity index is 2.05. The number of carbonyl (C=O) groups excluding carboxylic acids is 1. The van der Waals surface area contributed by atoms with Gasteiger partial charge in [-0.25, -0.2) is 9.67 Å². The molecule has 94 valence electrons. The van der Waals surface area contributed by atoms with Crippen molar-refractivity contribution in [1.82, 2.24) is 25.2 Å². The first-order valence-electron chi connectivity index (χ1n) is 4.88. The number of rotatable bonds is 3. The van der Waals surface area contributed by atoms with Crippen molar-refractivity contribution in [2.75, 3.05) is 5.32 Å². The lowest BCUT2D eigenvalue weighted by molar-refractivity contribution is -0.115. The monoisotopic (exact) mass is 286 g/mol. The Bertz CT molecular complexity index is 584. The van der Waals surface area contributed by atoms with Gasteiger partial charge in [-0.3, -0.25) is 4.79 Å². The fraction of sp³-hybridized carbons (Fsp3) is 0.222. The largest absolute Gasteiger partial charge is 0.309 e. The Labute approximate surface area is 112 Å². The van der Waals surface area contributed by atoms with E-state index in [9.17, 15) is 4.79 Å². The zero-order chi connectivity index (χ0) is 13.1. The van der Waals surface area contributed by atoms with Gasteiger partial charge in [-0.15, -0.1) is 5.10 Å². The standard InChI is InChI=1S/C9H8Cl2N6O/c1-17-7(14-15-16-17)3-8(18)13-9-6(11)2-5(10)4-12-9/h2,4H,3H2,1H3,(H,12,13,18). The first kappa shape index (κ1) is 12.7. The van der Waals surface area contributed by atoms with Crippen LogP contribution in [0.25, 0.3) is 0 Å². The summed E-state index contributed by atoms with van der Waals surface area (Å²) in [5.74, 6) is 0.378. The molecule has 2 aromatic rings. The number of hydrogen-bond acceptors (Lipinski definition) is 5. The Kier molecular flexibility index (Phi) is 3.73. The Morgan fingerprint density at radius 2 is 2.28 bits per heavy atom. The maximum Gasteiger partial charge on any atom is 0.233 e. The van der Waals surface area contributed by atoms with Crippen molar-refractivity contribution in [2.45, 2.75) is 6.42 Å². The van der Waals surface area contributed by atoms with E-state index in [4.69, 9.17) is 23.2 Å². The number of aryl methyl sites for hydroxylation is 1. The summed E-state index contributed by atoms with van der Waals surface area (Å²) in [6.45, 7) is 0. The van der Waals surface area contributed by atoms with Crippen LogP contribution in [0.2, 0.25) is 10.0 Å². The molecule has 2 heterocycles. The number of halogens is 2. The van der Waals surface area contributed by atoms with Crippen molar-refractivity contribution < 1.29 is 4.79 Å². The smallest absolute Gasteiger partial charge is 0.233 e. The normalized spacial score (nSPS) is 10.4. The number of aromatic nitrogens is 5. The quantitative estimate of drug-likeness (QED) is 0.913. The van der Waals surface area contributed by atoms with Gasteiger partial charge in [0.2, 0.25) is 5.91 Å². The Morgan fingerprint density at radius 3 is 2.89 bits per heavy atom. The van der Waals surface area contributed by atoms with Crippen molar-refractivity contribution in [3.8, 4) is 0 Å². The molecule has 9 heteroatoms. The molecule has 0 fully saturated rings. The number of anilines is 1. The fourth-order valence-electron chi connectivity index (χ4n) is 1.22. The highest BCUT2D eigenvalue weighted by Gasteiger charge is 2.12. The Hall–Kier alpha value is -1.73. The van der Waals surface area contributed by atoms with E-state index in [1.807, 2.05) is 0 Å². The third-order valence-corrected chi connectivity index (χ3v) is 2.59. The molecule has 0 aliphatic heterocycles. The molecule has 0 atom stereocenters. The number of hydrogen-bond donors (Lipinski definition) is 1. The van der Waals surface area contributed by atoms with E-state index in [1.54, 1.807) is 7.05 Å². The van der Waals surface area contributed by atoms with Crippen LogP contribution in [0.4, 0.5) is 5.82 Å². The molecule has 0 radical (unpaired) electrons. The zero-order valence-electron chi connectivity index (χ0n) is 9.26. The van der Waals surface area contributed by atoms with E-state index in [-0.39, 0.29) is 23.2 Å². The maximum absolute atomic E-state index is 11.7. The van der Waals surface area contributed by atoms with Crippen molar-refractivity contribution in [2.24, 2.45) is 7.05 Å². The van der Waals surface area contributed by atoms with E-state index in [0.717, 1.165) is 0 Å². The van der Waals surface area contributed by atoms with Gasteiger partial charge in [-0.05, 0) is 16.5 Å². The number of tetrazole rings is 1. The molecule has 7 nitrogen and oxygen atoms in total. The summed E-state index contributed by atoms with van der Waals surface area (Å²) in [7, 11) is 1.65. The van der Waals surface area contributed by atoms with Crippen LogP contribution in [-0.4, -0.2) is 31.1 Å². The topological polar surface area (TPSA) is 85.6 Å². The molecular formula is C9H8Cl2N6O. The first-order chi connectivity index (χ1) is 8.56. The molecule has 2 rings (SSSR count). The molecule has 0 aromatic carbocycles. The fourth-order valence-corrected chi connectivity index (χ4v) is 1.65. The predicted molar refractivity (Wildman–Crippen MR) is 65.4 cm³/mol. The molecule has 2 aromatic heterocycles. The van der Waals surface area contributed by atoms with Gasteiger partial charge in [0.1, 0.15) is 0 Å². The molecule has 18 heavy (non-hydrogen) atoms. The second kappa shape index (κ2) is 5.28. The number of nitrogens with one attached hydrogen (secondary N) is 1. The minimum atomic E-state index is -0.315. The average molecular weight is 287 g/mol. The second-order valence-electron chi connectivity index (χ2n) is 3.43. The molecular weight excluding hydrogens is 279 g/mol. The highest BCUT2D eigenvalue weighted by Crippen LogP contribution is 2.22. The van der Waals surface area contributed by atoms with Crippen LogP contribution in [0.3, 0.4) is 0 Å². The molecule has 1 amide bonds. The van der Waals surface area contributed by atoms with Crippen LogP contribution in [-0.2, 0) is 18.3 Å². The second-order valence-corrected chi connectivity index (χ2v) is 4.27. The maximum atomic E-state index is 11.7. The lowest BCUT2D eigenvalue weighted by atomic mass is 10.3. The van der Waals surface area contributed by atoms with Gasteiger partial charge in [0.25, 0.3) is 0 Å². The van der Waals surface area contributed by atoms with Gasteiger partial charge in [0.05, 0.1) is 16.5 Å². The number of pyridine rings is 1. The van der Waals surface area contributed by atoms with Crippen LogP contribution in [0.5, 0.6) is 0 Å². The highest BCUT2D eigenvalue weighted by atomic mass is 35.5. The van der Waals surface area contributed by atoms with E-state index >= 15 is 0 Å². The van der Waals surface area contributed by atoms with E-state index < -0.39 is 0 Å². The molecule has 0 spiro atoms. The molecule has 0 aliphatic carbocycles. The van der Waals surface area contributed by atoms with Crippen LogP contribution >= 0.6 is 23.2 Å². The first-order valence-corrected chi connectivity index (χ1v) is 5.64. The molecule has 0 unspecified atom stereocenters. The summed E-state index contributed by atoms with van der Waals surface area (Å²) >= 11 is 11.6. The van der Waals surface area contributed by atoms with Crippen LogP contribution in [0.1, 0.15) is 5.82 Å². The van der Waals surface area contributed by atoms with Gasteiger partial charge in [-0.1, -0.05) is 23.2 Å². The Morgan fingerprint density at radius 1 is 1.50 bits per heavy atom. The SMILES string of the molecule is Cn1nnnc1CC(=O)Nc1ncc(Cl)cc1Cl. The van der Waals surface area contributed by atoms with Crippen LogP contribution in [0, 0.1) is 0 Å². The summed E-state index contributed by atoms with van der Waals surface area (Å²) < 4.78 is 1.41. The molecule has 0 saturated heterocycles. The lowest BCUT2D eigenvalue weighted by Gasteiger charge is -2.05. The number of nitrogens with zero attached hydrogens (tertiary/aromatic N) is 5. The molecule has 0 aliphatic rings. The van der Waals surface area contributed by atoms with E-state index in [1.165, 1.54) is 16.9 Å². The van der Waals surface area contributed by atoms with E-state index in [2.05, 4.69) is 25.8 Å². The minimum Gasteiger partial charge on any atom is -0.309 e. The average Bonchev–Trinajstić information content (AvgIpc) is 2.69. The van der Waals surface area contributed by atoms with Gasteiger partial charge in [0.15, 0.2) is 11.6 Å². The van der Waals surface area contributed by atoms with Gasteiger partial charge in [0, 0.05) is 13.2 Å². The van der Waals surface area contributed by atoms with Crippen molar-refractivity contribution in [1.29, 1.82) is 0 Å². The summed E-state index contributed by atoms with van der Waals surface area (Å²) in [6, 6.07) is 1.50. The van der Waals surface area contributed by atoms with Crippen molar-refractivity contribution >= 4 is 34.9 Å². The third kappa shape index (κ3) is 2.93. The van der Waals surface area contributed by atoms with Gasteiger partial charge in [-0.2, -0.15) is 0 Å². The van der Waals surface area contributed by atoms with Crippen LogP contribution < -0.4 is 5.32 Å². The predicted octanol–water partition coefficient (Wildman–Crippen LogP) is 1.09. The van der Waals surface area contributed by atoms with Crippen LogP contribution in [0.15, 0.2) is 12.3 Å². The number of carbonyl (C=O) groups is 1. The highest BCUT2D eigenvalue weighted by molar-refractivity contribution is 6.36. The van der Waals surface area contributed by atoms with E-state index in [0.29, 0.717) is 10.8 Å². The summed E-state index contributed by atoms with van der Waals surface area (Å²) in [4.78, 5) is 15.6. The molecule has 1 N–H and O–H groups in total. The zero-order valence-corrected chi connectivity index (χ0v) is 10.8. The minimum absolute atomic E-state index is 0.0319. The van der Waals surface area contributed by atoms with Crippen molar-refractivity contribution in [3.63, 3.8) is 0 Å². The van der Waals surface area contributed by atoms with Crippen molar-refractivity contribution in [3.05, 3.63) is 28.1 Å². The molecule has 0 saturated carbocycles. The lowest BCUT2D eigenvalue weighted by Crippen LogP contribution is -2.18. The summed E-state index contributed by atoms with van der Waals surface area (Å²) in [5, 5.41) is 14.0. The third-order valence-electron chi connectivity index (χ3n) is 2.09. The van der Waals surface area contributed by atoms with Gasteiger partial charge >= 0.3 is 0 Å². The summed E-state index contributed by atoms with van der Waals surface area (Å²) in [5.41, 5.74) is 0.